The number of rotatable bonds is 6. The molecule has 2 aromatic carbocycles. The number of carbonyl (C=O) groups excluding carboxylic acids is 1. The van der Waals surface area contributed by atoms with E-state index >= 15 is 0 Å². The molecule has 0 spiro atoms. The average Bonchev–Trinajstić information content (AvgIpc) is 2.72. The normalized spacial score (nSPS) is 15.3. The van der Waals surface area contributed by atoms with Crippen LogP contribution in [0.15, 0.2) is 54.6 Å². The molecule has 0 bridgehead atoms. The number of nitro groups is 1. The summed E-state index contributed by atoms with van der Waals surface area (Å²) in [4.78, 5) is 24.5. The lowest BCUT2D eigenvalue weighted by Gasteiger charge is -2.34. The summed E-state index contributed by atoms with van der Waals surface area (Å²) < 4.78 is 24.7. The van der Waals surface area contributed by atoms with Crippen LogP contribution < -0.4 is 10.2 Å². The van der Waals surface area contributed by atoms with E-state index in [1.54, 1.807) is 24.3 Å². The zero-order chi connectivity index (χ0) is 21.7. The summed E-state index contributed by atoms with van der Waals surface area (Å²) in [5.74, 6) is -0.351. The van der Waals surface area contributed by atoms with Gasteiger partial charge in [0.25, 0.3) is 5.69 Å². The lowest BCUT2D eigenvalue weighted by molar-refractivity contribution is -0.384. The van der Waals surface area contributed by atoms with Gasteiger partial charge in [0, 0.05) is 55.8 Å². The lowest BCUT2D eigenvalue weighted by Crippen LogP contribution is -2.48. The monoisotopic (exact) mass is 430 g/mol. The molecule has 1 saturated heterocycles. The van der Waals surface area contributed by atoms with Crippen molar-refractivity contribution in [3.05, 3.63) is 70.3 Å². The van der Waals surface area contributed by atoms with Crippen molar-refractivity contribution < 1.29 is 18.1 Å². The van der Waals surface area contributed by atoms with Crippen LogP contribution in [0.1, 0.15) is 5.56 Å². The largest absolute Gasteiger partial charge is 0.369 e. The van der Waals surface area contributed by atoms with E-state index in [0.717, 1.165) is 5.69 Å². The molecule has 0 saturated carbocycles. The van der Waals surface area contributed by atoms with Gasteiger partial charge in [-0.2, -0.15) is 4.31 Å². The highest BCUT2D eigenvalue weighted by Gasteiger charge is 2.23. The molecule has 1 amide bonds. The summed E-state index contributed by atoms with van der Waals surface area (Å²) >= 11 is 0. The van der Waals surface area contributed by atoms with Crippen LogP contribution in [0, 0.1) is 10.1 Å². The molecule has 1 aliphatic rings. The highest BCUT2D eigenvalue weighted by molar-refractivity contribution is 7.88. The van der Waals surface area contributed by atoms with Crippen molar-refractivity contribution in [1.82, 2.24) is 4.31 Å². The minimum absolute atomic E-state index is 0.0366. The second-order valence-electron chi connectivity index (χ2n) is 6.87. The third kappa shape index (κ3) is 5.65. The van der Waals surface area contributed by atoms with Crippen LogP contribution in [-0.2, 0) is 14.8 Å². The van der Waals surface area contributed by atoms with Crippen molar-refractivity contribution in [3.63, 3.8) is 0 Å². The van der Waals surface area contributed by atoms with E-state index in [1.807, 2.05) is 12.1 Å². The van der Waals surface area contributed by atoms with Crippen LogP contribution in [0.2, 0.25) is 0 Å². The summed E-state index contributed by atoms with van der Waals surface area (Å²) in [5.41, 5.74) is 2.09. The summed E-state index contributed by atoms with van der Waals surface area (Å²) in [5, 5.41) is 13.5. The first-order valence-electron chi connectivity index (χ1n) is 9.26. The Morgan fingerprint density at radius 3 is 2.37 bits per heavy atom. The number of sulfonamides is 1. The Morgan fingerprint density at radius 2 is 1.77 bits per heavy atom. The van der Waals surface area contributed by atoms with Gasteiger partial charge in [0.05, 0.1) is 11.2 Å². The van der Waals surface area contributed by atoms with Crippen molar-refractivity contribution in [3.8, 4) is 0 Å². The zero-order valence-corrected chi connectivity index (χ0v) is 17.2. The second-order valence-corrected chi connectivity index (χ2v) is 8.85. The van der Waals surface area contributed by atoms with Crippen molar-refractivity contribution in [2.24, 2.45) is 0 Å². The number of non-ortho nitro benzene ring substituents is 1. The van der Waals surface area contributed by atoms with Crippen LogP contribution in [-0.4, -0.2) is 56.0 Å². The van der Waals surface area contributed by atoms with Gasteiger partial charge in [-0.25, -0.2) is 8.42 Å². The highest BCUT2D eigenvalue weighted by atomic mass is 32.2. The van der Waals surface area contributed by atoms with Gasteiger partial charge < -0.3 is 10.2 Å². The molecule has 0 aromatic heterocycles. The van der Waals surface area contributed by atoms with Crippen molar-refractivity contribution in [1.29, 1.82) is 0 Å². The Bertz CT molecular complexity index is 1060. The second kappa shape index (κ2) is 9.06. The van der Waals surface area contributed by atoms with E-state index in [4.69, 9.17) is 0 Å². The Kier molecular flexibility index (Phi) is 6.48. The standard InChI is InChI=1S/C20H22N4O5S/c1-30(28,29)23-13-11-22(12-14-23)18-8-6-17(7-9-18)21-20(25)10-5-16-3-2-4-19(15-16)24(26)27/h2-10,15H,11-14H2,1H3,(H,21,25)/b10-5+. The summed E-state index contributed by atoms with van der Waals surface area (Å²) in [6, 6.07) is 13.3. The molecule has 0 atom stereocenters. The molecule has 9 nitrogen and oxygen atoms in total. The van der Waals surface area contributed by atoms with Gasteiger partial charge in [-0.3, -0.25) is 14.9 Å². The van der Waals surface area contributed by atoms with Crippen molar-refractivity contribution >= 4 is 39.1 Å². The Labute approximate surface area is 174 Å². The fourth-order valence-electron chi connectivity index (χ4n) is 3.13. The SMILES string of the molecule is CS(=O)(=O)N1CCN(c2ccc(NC(=O)/C=C/c3cccc([N+](=O)[O-])c3)cc2)CC1. The van der Waals surface area contributed by atoms with Crippen LogP contribution in [0.3, 0.4) is 0 Å². The van der Waals surface area contributed by atoms with Gasteiger partial charge in [-0.1, -0.05) is 12.1 Å². The fourth-order valence-corrected chi connectivity index (χ4v) is 3.96. The maximum absolute atomic E-state index is 12.1. The van der Waals surface area contributed by atoms with Crippen molar-refractivity contribution in [2.45, 2.75) is 0 Å². The van der Waals surface area contributed by atoms with Gasteiger partial charge in [-0.15, -0.1) is 0 Å². The number of hydrogen-bond acceptors (Lipinski definition) is 6. The van der Waals surface area contributed by atoms with E-state index in [-0.39, 0.29) is 11.6 Å². The number of amides is 1. The van der Waals surface area contributed by atoms with Gasteiger partial charge in [0.1, 0.15) is 0 Å². The van der Waals surface area contributed by atoms with Gasteiger partial charge in [-0.05, 0) is 35.9 Å². The minimum Gasteiger partial charge on any atom is -0.369 e. The summed E-state index contributed by atoms with van der Waals surface area (Å²) in [6.07, 6.45) is 4.04. The maximum Gasteiger partial charge on any atom is 0.270 e. The zero-order valence-electron chi connectivity index (χ0n) is 16.4. The molecule has 1 aliphatic heterocycles. The number of nitro benzene ring substituents is 1. The summed E-state index contributed by atoms with van der Waals surface area (Å²) in [6.45, 7) is 2.09. The van der Waals surface area contributed by atoms with Gasteiger partial charge in [0.15, 0.2) is 0 Å². The Balaban J connectivity index is 1.56. The molecule has 2 aromatic rings. The van der Waals surface area contributed by atoms with E-state index in [1.165, 1.54) is 34.8 Å². The first-order valence-corrected chi connectivity index (χ1v) is 11.1. The first kappa shape index (κ1) is 21.5. The lowest BCUT2D eigenvalue weighted by atomic mass is 10.2. The molecular weight excluding hydrogens is 408 g/mol. The topological polar surface area (TPSA) is 113 Å². The van der Waals surface area contributed by atoms with E-state index in [2.05, 4.69) is 10.2 Å². The molecular formula is C20H22N4O5S. The Hall–Kier alpha value is -3.24. The molecule has 0 unspecified atom stereocenters. The maximum atomic E-state index is 12.1. The third-order valence-electron chi connectivity index (χ3n) is 4.72. The van der Waals surface area contributed by atoms with Gasteiger partial charge >= 0.3 is 0 Å². The Morgan fingerprint density at radius 1 is 1.10 bits per heavy atom. The smallest absolute Gasteiger partial charge is 0.270 e. The average molecular weight is 430 g/mol. The quantitative estimate of drug-likeness (QED) is 0.428. The molecule has 0 radical (unpaired) electrons. The van der Waals surface area contributed by atoms with Crippen LogP contribution in [0.4, 0.5) is 17.1 Å². The van der Waals surface area contributed by atoms with E-state index in [9.17, 15) is 23.3 Å². The minimum atomic E-state index is -3.16. The van der Waals surface area contributed by atoms with Crippen LogP contribution >= 0.6 is 0 Å². The van der Waals surface area contributed by atoms with E-state index in [0.29, 0.717) is 37.4 Å². The fraction of sp³-hybridized carbons (Fsp3) is 0.250. The highest BCUT2D eigenvalue weighted by Crippen LogP contribution is 2.20. The molecule has 10 heteroatoms. The molecule has 158 valence electrons. The molecule has 1 heterocycles. The van der Waals surface area contributed by atoms with E-state index < -0.39 is 14.9 Å². The summed E-state index contributed by atoms with van der Waals surface area (Å²) in [7, 11) is -3.16. The van der Waals surface area contributed by atoms with Crippen molar-refractivity contribution in [2.75, 3.05) is 42.7 Å². The van der Waals surface area contributed by atoms with Crippen LogP contribution in [0.25, 0.3) is 6.08 Å². The number of carbonyl (C=O) groups is 1. The number of benzene rings is 2. The number of nitrogens with one attached hydrogen (secondary N) is 1. The number of nitrogens with zero attached hydrogens (tertiary/aromatic N) is 3. The third-order valence-corrected chi connectivity index (χ3v) is 6.02. The predicted molar refractivity (Wildman–Crippen MR) is 116 cm³/mol. The van der Waals surface area contributed by atoms with Crippen LogP contribution in [0.5, 0.6) is 0 Å². The first-order chi connectivity index (χ1) is 14.2. The molecule has 1 N–H and O–H groups in total. The molecule has 3 rings (SSSR count). The number of piperazine rings is 1. The predicted octanol–water partition coefficient (Wildman–Crippen LogP) is 2.33. The molecule has 30 heavy (non-hydrogen) atoms. The molecule has 1 fully saturated rings. The number of hydrogen-bond donors (Lipinski definition) is 1. The molecule has 0 aliphatic carbocycles. The van der Waals surface area contributed by atoms with Gasteiger partial charge in [0.2, 0.25) is 15.9 Å². The number of anilines is 2.